The van der Waals surface area contributed by atoms with E-state index >= 15 is 0 Å². The molecule has 1 aromatic carbocycles. The molecule has 122 valence electrons. The number of hydrogen-bond donors (Lipinski definition) is 1. The van der Waals surface area contributed by atoms with E-state index in [4.69, 9.17) is 5.11 Å². The van der Waals surface area contributed by atoms with E-state index in [1.165, 1.54) is 6.07 Å². The third kappa shape index (κ3) is 4.74. The number of benzene rings is 1. The molecule has 0 radical (unpaired) electrons. The Morgan fingerprint density at radius 2 is 2.09 bits per heavy atom. The van der Waals surface area contributed by atoms with Gasteiger partial charge in [-0.1, -0.05) is 6.07 Å². The molecule has 1 aromatic rings. The molecule has 2 rings (SSSR count). The minimum absolute atomic E-state index is 0.0494. The zero-order valence-electron chi connectivity index (χ0n) is 12.8. The first-order chi connectivity index (χ1) is 10.5. The van der Waals surface area contributed by atoms with Gasteiger partial charge in [-0.15, -0.1) is 0 Å². The molecule has 1 fully saturated rings. The van der Waals surface area contributed by atoms with E-state index in [1.807, 2.05) is 11.9 Å². The van der Waals surface area contributed by atoms with Gasteiger partial charge >= 0.3 is 5.97 Å². The van der Waals surface area contributed by atoms with Crippen LogP contribution in [0.4, 0.5) is 8.78 Å². The van der Waals surface area contributed by atoms with Crippen LogP contribution in [0.5, 0.6) is 0 Å². The topological polar surface area (TPSA) is 43.8 Å². The Kier molecular flexibility index (Phi) is 5.85. The summed E-state index contributed by atoms with van der Waals surface area (Å²) in [6, 6.07) is 4.27. The van der Waals surface area contributed by atoms with Crippen molar-refractivity contribution < 1.29 is 18.7 Å². The van der Waals surface area contributed by atoms with Crippen LogP contribution in [0.25, 0.3) is 0 Å². The van der Waals surface area contributed by atoms with Crippen LogP contribution < -0.4 is 0 Å². The van der Waals surface area contributed by atoms with Gasteiger partial charge in [0.05, 0.1) is 6.54 Å². The van der Waals surface area contributed by atoms with Crippen molar-refractivity contribution in [1.82, 2.24) is 9.80 Å². The molecule has 4 nitrogen and oxygen atoms in total. The second kappa shape index (κ2) is 7.65. The number of carboxylic acid groups (broad SMARTS) is 1. The fourth-order valence-electron chi connectivity index (χ4n) is 2.98. The summed E-state index contributed by atoms with van der Waals surface area (Å²) in [5.74, 6) is -2.45. The summed E-state index contributed by atoms with van der Waals surface area (Å²) in [5.41, 5.74) is 0.760. The second-order valence-corrected chi connectivity index (χ2v) is 5.92. The third-order valence-corrected chi connectivity index (χ3v) is 4.19. The Morgan fingerprint density at radius 1 is 1.32 bits per heavy atom. The number of halogens is 2. The highest BCUT2D eigenvalue weighted by molar-refractivity contribution is 5.69. The van der Waals surface area contributed by atoms with E-state index in [0.29, 0.717) is 6.54 Å². The van der Waals surface area contributed by atoms with Crippen LogP contribution in [0, 0.1) is 11.6 Å². The minimum Gasteiger partial charge on any atom is -0.480 e. The van der Waals surface area contributed by atoms with E-state index in [-0.39, 0.29) is 12.6 Å². The minimum atomic E-state index is -0.824. The Balaban J connectivity index is 1.89. The Hall–Kier alpha value is -1.53. The summed E-state index contributed by atoms with van der Waals surface area (Å²) in [4.78, 5) is 14.9. The predicted molar refractivity (Wildman–Crippen MR) is 79.5 cm³/mol. The summed E-state index contributed by atoms with van der Waals surface area (Å²) in [7, 11) is 1.84. The first-order valence-corrected chi connectivity index (χ1v) is 7.54. The lowest BCUT2D eigenvalue weighted by atomic mass is 10.1. The summed E-state index contributed by atoms with van der Waals surface area (Å²) in [5, 5.41) is 8.86. The maximum atomic E-state index is 13.2. The molecule has 1 saturated heterocycles. The van der Waals surface area contributed by atoms with Crippen molar-refractivity contribution in [2.75, 3.05) is 26.7 Å². The smallest absolute Gasteiger partial charge is 0.317 e. The molecule has 0 bridgehead atoms. The number of likely N-dealkylation sites (tertiary alicyclic amines) is 1. The molecule has 1 aliphatic rings. The van der Waals surface area contributed by atoms with Crippen LogP contribution in [-0.4, -0.2) is 53.6 Å². The maximum absolute atomic E-state index is 13.2. The molecule has 0 aromatic heterocycles. The molecule has 0 amide bonds. The van der Waals surface area contributed by atoms with Gasteiger partial charge in [0.15, 0.2) is 11.6 Å². The van der Waals surface area contributed by atoms with Gasteiger partial charge in [0, 0.05) is 12.6 Å². The Bertz CT molecular complexity index is 525. The highest BCUT2D eigenvalue weighted by Crippen LogP contribution is 2.18. The number of carbonyl (C=O) groups is 1. The van der Waals surface area contributed by atoms with Crippen molar-refractivity contribution in [2.24, 2.45) is 0 Å². The highest BCUT2D eigenvalue weighted by Gasteiger charge is 2.21. The molecule has 0 aliphatic carbocycles. The van der Waals surface area contributed by atoms with Crippen molar-refractivity contribution in [1.29, 1.82) is 0 Å². The summed E-state index contributed by atoms with van der Waals surface area (Å²) in [6.07, 6.45) is 2.81. The summed E-state index contributed by atoms with van der Waals surface area (Å²) in [6.45, 7) is 2.35. The molecule has 0 unspecified atom stereocenters. The molecule has 0 saturated carbocycles. The molecule has 22 heavy (non-hydrogen) atoms. The van der Waals surface area contributed by atoms with Gasteiger partial charge in [-0.2, -0.15) is 0 Å². The monoisotopic (exact) mass is 312 g/mol. The SMILES string of the molecule is CN(CC(=O)O)[C@H]1CCCN(Cc2ccc(F)c(F)c2)CC1. The van der Waals surface area contributed by atoms with E-state index in [0.717, 1.165) is 44.0 Å². The van der Waals surface area contributed by atoms with Gasteiger partial charge < -0.3 is 5.11 Å². The van der Waals surface area contributed by atoms with E-state index in [1.54, 1.807) is 6.07 Å². The molecule has 0 spiro atoms. The van der Waals surface area contributed by atoms with Gasteiger partial charge in [0.2, 0.25) is 0 Å². The van der Waals surface area contributed by atoms with Gasteiger partial charge in [-0.25, -0.2) is 8.78 Å². The first kappa shape index (κ1) is 16.8. The number of nitrogens with zero attached hydrogens (tertiary/aromatic N) is 2. The molecule has 1 heterocycles. The largest absolute Gasteiger partial charge is 0.480 e. The van der Waals surface area contributed by atoms with Gasteiger partial charge in [-0.3, -0.25) is 14.6 Å². The maximum Gasteiger partial charge on any atom is 0.317 e. The van der Waals surface area contributed by atoms with E-state index in [9.17, 15) is 13.6 Å². The normalized spacial score (nSPS) is 20.1. The number of aliphatic carboxylic acids is 1. The van der Waals surface area contributed by atoms with Crippen molar-refractivity contribution in [3.63, 3.8) is 0 Å². The number of rotatable bonds is 5. The lowest BCUT2D eigenvalue weighted by Crippen LogP contribution is -2.36. The van der Waals surface area contributed by atoms with Crippen LogP contribution in [-0.2, 0) is 11.3 Å². The van der Waals surface area contributed by atoms with Crippen LogP contribution in [0.2, 0.25) is 0 Å². The average molecular weight is 312 g/mol. The van der Waals surface area contributed by atoms with Gasteiger partial charge in [0.1, 0.15) is 0 Å². The van der Waals surface area contributed by atoms with E-state index < -0.39 is 17.6 Å². The molecule has 1 atom stereocenters. The van der Waals surface area contributed by atoms with Crippen molar-refractivity contribution in [3.8, 4) is 0 Å². The van der Waals surface area contributed by atoms with Gasteiger partial charge in [0.25, 0.3) is 0 Å². The van der Waals surface area contributed by atoms with Crippen molar-refractivity contribution >= 4 is 5.97 Å². The molecule has 1 aliphatic heterocycles. The van der Waals surface area contributed by atoms with Crippen LogP contribution in [0.15, 0.2) is 18.2 Å². The fourth-order valence-corrected chi connectivity index (χ4v) is 2.98. The molecule has 6 heteroatoms. The predicted octanol–water partition coefficient (Wildman–Crippen LogP) is 2.34. The fraction of sp³-hybridized carbons (Fsp3) is 0.562. The lowest BCUT2D eigenvalue weighted by Gasteiger charge is -2.25. The highest BCUT2D eigenvalue weighted by atomic mass is 19.2. The first-order valence-electron chi connectivity index (χ1n) is 7.54. The number of hydrogen-bond acceptors (Lipinski definition) is 3. The van der Waals surface area contributed by atoms with Crippen LogP contribution in [0.1, 0.15) is 24.8 Å². The zero-order chi connectivity index (χ0) is 16.1. The lowest BCUT2D eigenvalue weighted by molar-refractivity contribution is -0.138. The molecular weight excluding hydrogens is 290 g/mol. The molecule has 1 N–H and O–H groups in total. The zero-order valence-corrected chi connectivity index (χ0v) is 12.8. The standard InChI is InChI=1S/C16H22F2N2O2/c1-19(11-16(21)22)13-3-2-7-20(8-6-13)10-12-4-5-14(17)15(18)9-12/h4-5,9,13H,2-3,6-8,10-11H2,1H3,(H,21,22)/t13-/m0/s1. The Labute approximate surface area is 129 Å². The molecular formula is C16H22F2N2O2. The Morgan fingerprint density at radius 3 is 2.77 bits per heavy atom. The van der Waals surface area contributed by atoms with Crippen LogP contribution in [0.3, 0.4) is 0 Å². The summed E-state index contributed by atoms with van der Waals surface area (Å²) < 4.78 is 26.2. The van der Waals surface area contributed by atoms with Gasteiger partial charge in [-0.05, 0) is 57.1 Å². The van der Waals surface area contributed by atoms with Crippen LogP contribution >= 0.6 is 0 Å². The quantitative estimate of drug-likeness (QED) is 0.906. The van der Waals surface area contributed by atoms with E-state index in [2.05, 4.69) is 4.90 Å². The number of likely N-dealkylation sites (N-methyl/N-ethyl adjacent to an activating group) is 1. The second-order valence-electron chi connectivity index (χ2n) is 5.92. The average Bonchev–Trinajstić information content (AvgIpc) is 2.68. The van der Waals surface area contributed by atoms with Crippen molar-refractivity contribution in [3.05, 3.63) is 35.4 Å². The number of carboxylic acids is 1. The third-order valence-electron chi connectivity index (χ3n) is 4.19. The van der Waals surface area contributed by atoms with Crippen molar-refractivity contribution in [2.45, 2.75) is 31.8 Å². The summed E-state index contributed by atoms with van der Waals surface area (Å²) >= 11 is 0.